The van der Waals surface area contributed by atoms with Gasteiger partial charge in [-0.25, -0.2) is 4.79 Å². The van der Waals surface area contributed by atoms with Crippen LogP contribution in [0.3, 0.4) is 0 Å². The largest absolute Gasteiger partial charge is 0.507 e. The molecule has 0 saturated carbocycles. The van der Waals surface area contributed by atoms with Crippen molar-refractivity contribution in [3.63, 3.8) is 0 Å². The van der Waals surface area contributed by atoms with E-state index >= 15 is 0 Å². The van der Waals surface area contributed by atoms with Gasteiger partial charge in [0.25, 0.3) is 0 Å². The molecule has 1 aromatic carbocycles. The minimum Gasteiger partial charge on any atom is -0.507 e. The Morgan fingerprint density at radius 2 is 1.97 bits per heavy atom. The minimum absolute atomic E-state index is 0.0476. The Kier molecular flexibility index (Phi) is 7.60. The number of Topliss-reactive ketones (excluding diaryl/α,β-unsaturated/α-hetero) is 1. The number of esters is 1. The molecule has 0 aliphatic heterocycles. The molecule has 1 aliphatic rings. The van der Waals surface area contributed by atoms with E-state index in [4.69, 9.17) is 21.1 Å². The number of allylic oxidation sites excluding steroid dienone is 2. The third kappa shape index (κ3) is 4.98. The minimum atomic E-state index is -0.927. The molecule has 3 N–H and O–H groups in total. The third-order valence-electron chi connectivity index (χ3n) is 4.31. The molecule has 1 aromatic rings. The topological polar surface area (TPSA) is 139 Å². The van der Waals surface area contributed by atoms with Gasteiger partial charge < -0.3 is 25.0 Å². The highest BCUT2D eigenvalue weighted by Crippen LogP contribution is 2.32. The van der Waals surface area contributed by atoms with Crippen molar-refractivity contribution in [2.75, 3.05) is 7.11 Å². The van der Waals surface area contributed by atoms with Crippen molar-refractivity contribution in [3.8, 4) is 11.5 Å². The number of nitrogens with one attached hydrogen (secondary N) is 1. The summed E-state index contributed by atoms with van der Waals surface area (Å²) in [6.07, 6.45) is 1.14. The zero-order valence-corrected chi connectivity index (χ0v) is 17.0. The SMILES string of the molecule is CCCC(CC1=C(OC)C(=O)C=C(NC=O)C1=O)OC(=O)c1cc(Cl)c(O)cc1O. The van der Waals surface area contributed by atoms with E-state index in [1.54, 1.807) is 0 Å². The summed E-state index contributed by atoms with van der Waals surface area (Å²) in [6, 6.07) is 1.96. The lowest BCUT2D eigenvalue weighted by molar-refractivity contribution is -0.119. The molecule has 0 aromatic heterocycles. The monoisotopic (exact) mass is 437 g/mol. The quantitative estimate of drug-likeness (QED) is 0.303. The van der Waals surface area contributed by atoms with E-state index in [1.807, 2.05) is 6.92 Å². The van der Waals surface area contributed by atoms with Crippen LogP contribution in [0.1, 0.15) is 36.5 Å². The van der Waals surface area contributed by atoms with Gasteiger partial charge in [-0.3, -0.25) is 14.4 Å². The number of hydrogen-bond acceptors (Lipinski definition) is 8. The second-order valence-corrected chi connectivity index (χ2v) is 6.77. The van der Waals surface area contributed by atoms with E-state index in [0.717, 1.165) is 18.2 Å². The molecule has 1 amide bonds. The third-order valence-corrected chi connectivity index (χ3v) is 4.61. The number of benzene rings is 1. The fourth-order valence-corrected chi connectivity index (χ4v) is 3.10. The molecule has 1 atom stereocenters. The van der Waals surface area contributed by atoms with Crippen molar-refractivity contribution in [2.45, 2.75) is 32.3 Å². The summed E-state index contributed by atoms with van der Waals surface area (Å²) in [5, 5.41) is 21.4. The summed E-state index contributed by atoms with van der Waals surface area (Å²) in [5.41, 5.74) is -0.530. The van der Waals surface area contributed by atoms with Gasteiger partial charge in [0.15, 0.2) is 5.76 Å². The number of methoxy groups -OCH3 is 1. The molecule has 0 fully saturated rings. The molecule has 2 rings (SSSR count). The van der Waals surface area contributed by atoms with Gasteiger partial charge in [-0.1, -0.05) is 24.9 Å². The molecule has 1 aliphatic carbocycles. The number of phenolic OH excluding ortho intramolecular Hbond substituents is 2. The number of carbonyl (C=O) groups excluding carboxylic acids is 4. The second-order valence-electron chi connectivity index (χ2n) is 6.37. The molecule has 0 spiro atoms. The highest BCUT2D eigenvalue weighted by molar-refractivity contribution is 6.32. The standard InChI is InChI=1S/C20H20ClNO8/c1-3-4-10(30-20(28)11-6-13(21)16(25)8-15(11)24)5-12-18(27)14(22-9-23)7-17(26)19(12)29-2/h6-10,24-25H,3-5H2,1-2H3,(H,22,23). The van der Waals surface area contributed by atoms with Gasteiger partial charge in [0.1, 0.15) is 23.2 Å². The smallest absolute Gasteiger partial charge is 0.342 e. The molecular weight excluding hydrogens is 418 g/mol. The molecule has 0 radical (unpaired) electrons. The predicted molar refractivity (Wildman–Crippen MR) is 105 cm³/mol. The molecule has 0 bridgehead atoms. The highest BCUT2D eigenvalue weighted by Gasteiger charge is 2.32. The Bertz CT molecular complexity index is 950. The van der Waals surface area contributed by atoms with Crippen LogP contribution in [0.15, 0.2) is 35.2 Å². The number of carbonyl (C=O) groups is 4. The first-order valence-corrected chi connectivity index (χ1v) is 9.31. The Labute approximate surface area is 176 Å². The zero-order chi connectivity index (χ0) is 22.4. The number of ketones is 2. The van der Waals surface area contributed by atoms with Crippen LogP contribution in [0.5, 0.6) is 11.5 Å². The average molecular weight is 438 g/mol. The van der Waals surface area contributed by atoms with Crippen LogP contribution in [-0.4, -0.2) is 47.4 Å². The predicted octanol–water partition coefficient (Wildman–Crippen LogP) is 2.15. The number of aromatic hydroxyl groups is 2. The lowest BCUT2D eigenvalue weighted by Crippen LogP contribution is -2.30. The molecular formula is C20H20ClNO8. The van der Waals surface area contributed by atoms with Crippen LogP contribution in [0.4, 0.5) is 0 Å². The maximum Gasteiger partial charge on any atom is 0.342 e. The molecule has 0 saturated heterocycles. The van der Waals surface area contributed by atoms with Crippen molar-refractivity contribution in [2.24, 2.45) is 0 Å². The summed E-state index contributed by atoms with van der Waals surface area (Å²) in [5.74, 6) is -3.31. The first kappa shape index (κ1) is 23.0. The molecule has 10 heteroatoms. The van der Waals surface area contributed by atoms with Crippen LogP contribution in [0.25, 0.3) is 0 Å². The van der Waals surface area contributed by atoms with Crippen molar-refractivity contribution < 1.29 is 38.9 Å². The van der Waals surface area contributed by atoms with Gasteiger partial charge in [0.05, 0.1) is 23.4 Å². The molecule has 30 heavy (non-hydrogen) atoms. The van der Waals surface area contributed by atoms with Gasteiger partial charge in [0, 0.05) is 18.6 Å². The number of ether oxygens (including phenoxy) is 2. The molecule has 9 nitrogen and oxygen atoms in total. The summed E-state index contributed by atoms with van der Waals surface area (Å²) >= 11 is 5.79. The van der Waals surface area contributed by atoms with Crippen LogP contribution in [0.2, 0.25) is 5.02 Å². The maximum atomic E-state index is 12.7. The molecule has 0 heterocycles. The van der Waals surface area contributed by atoms with E-state index in [-0.39, 0.29) is 40.4 Å². The first-order chi connectivity index (χ1) is 14.2. The van der Waals surface area contributed by atoms with Crippen LogP contribution in [-0.2, 0) is 23.9 Å². The normalized spacial score (nSPS) is 14.8. The van der Waals surface area contributed by atoms with E-state index in [1.165, 1.54) is 7.11 Å². The number of amides is 1. The number of halogens is 1. The average Bonchev–Trinajstić information content (AvgIpc) is 2.68. The second kappa shape index (κ2) is 9.93. The lowest BCUT2D eigenvalue weighted by Gasteiger charge is -2.22. The summed E-state index contributed by atoms with van der Waals surface area (Å²) in [4.78, 5) is 48.1. The van der Waals surface area contributed by atoms with Crippen molar-refractivity contribution in [1.29, 1.82) is 0 Å². The molecule has 1 unspecified atom stereocenters. The maximum absolute atomic E-state index is 12.7. The van der Waals surface area contributed by atoms with Crippen molar-refractivity contribution in [3.05, 3.63) is 45.8 Å². The highest BCUT2D eigenvalue weighted by atomic mass is 35.5. The van der Waals surface area contributed by atoms with Crippen LogP contribution in [0, 0.1) is 0 Å². The van der Waals surface area contributed by atoms with Crippen LogP contribution >= 0.6 is 11.6 Å². The van der Waals surface area contributed by atoms with E-state index in [9.17, 15) is 29.4 Å². The first-order valence-electron chi connectivity index (χ1n) is 8.93. The van der Waals surface area contributed by atoms with Gasteiger partial charge in [-0.15, -0.1) is 0 Å². The van der Waals surface area contributed by atoms with Crippen LogP contribution < -0.4 is 5.32 Å². The van der Waals surface area contributed by atoms with E-state index < -0.39 is 35.1 Å². The van der Waals surface area contributed by atoms with E-state index in [0.29, 0.717) is 12.8 Å². The number of phenols is 2. The number of rotatable bonds is 9. The summed E-state index contributed by atoms with van der Waals surface area (Å²) in [7, 11) is 1.23. The van der Waals surface area contributed by atoms with Gasteiger partial charge >= 0.3 is 5.97 Å². The molecule has 160 valence electrons. The fourth-order valence-electron chi connectivity index (χ4n) is 2.94. The van der Waals surface area contributed by atoms with Gasteiger partial charge in [-0.2, -0.15) is 0 Å². The lowest BCUT2D eigenvalue weighted by atomic mass is 9.92. The Balaban J connectivity index is 2.31. The van der Waals surface area contributed by atoms with E-state index in [2.05, 4.69) is 5.32 Å². The Morgan fingerprint density at radius 1 is 1.27 bits per heavy atom. The number of hydrogen-bond donors (Lipinski definition) is 3. The summed E-state index contributed by atoms with van der Waals surface area (Å²) < 4.78 is 10.5. The Hall–Kier alpha value is -3.33. The van der Waals surface area contributed by atoms with Gasteiger partial charge in [0.2, 0.25) is 18.0 Å². The van der Waals surface area contributed by atoms with Crippen molar-refractivity contribution >= 4 is 35.5 Å². The Morgan fingerprint density at radius 3 is 2.57 bits per heavy atom. The van der Waals surface area contributed by atoms with Crippen molar-refractivity contribution in [1.82, 2.24) is 5.32 Å². The zero-order valence-electron chi connectivity index (χ0n) is 16.2. The summed E-state index contributed by atoms with van der Waals surface area (Å²) in [6.45, 7) is 1.83. The fraction of sp³-hybridized carbons (Fsp3) is 0.300. The van der Waals surface area contributed by atoms with Gasteiger partial charge in [-0.05, 0) is 12.5 Å².